The van der Waals surface area contributed by atoms with Gasteiger partial charge in [0.25, 0.3) is 0 Å². The molecule has 0 aliphatic carbocycles. The summed E-state index contributed by atoms with van der Waals surface area (Å²) in [6, 6.07) is 4.73. The zero-order valence-electron chi connectivity index (χ0n) is 11.5. The van der Waals surface area contributed by atoms with E-state index in [4.69, 9.17) is 5.73 Å². The second-order valence-electron chi connectivity index (χ2n) is 4.47. The first kappa shape index (κ1) is 16.4. The zero-order valence-corrected chi connectivity index (χ0v) is 12.3. The van der Waals surface area contributed by atoms with E-state index in [2.05, 4.69) is 10.3 Å². The summed E-state index contributed by atoms with van der Waals surface area (Å²) in [6.07, 6.45) is -2.55. The maximum absolute atomic E-state index is 12.9. The van der Waals surface area contributed by atoms with Crippen molar-refractivity contribution in [3.05, 3.63) is 46.5 Å². The van der Waals surface area contributed by atoms with E-state index >= 15 is 0 Å². The van der Waals surface area contributed by atoms with E-state index in [1.807, 2.05) is 0 Å². The Morgan fingerprint density at radius 3 is 2.73 bits per heavy atom. The summed E-state index contributed by atoms with van der Waals surface area (Å²) < 4.78 is 38.8. The zero-order chi connectivity index (χ0) is 16.2. The molecule has 0 atom stereocenters. The number of alkyl halides is 3. The molecule has 0 bridgehead atoms. The van der Waals surface area contributed by atoms with Gasteiger partial charge in [0.15, 0.2) is 5.13 Å². The number of ketones is 1. The summed E-state index contributed by atoms with van der Waals surface area (Å²) in [5.74, 6) is -0.683. The molecule has 0 saturated heterocycles. The molecule has 22 heavy (non-hydrogen) atoms. The molecule has 2 aromatic rings. The van der Waals surface area contributed by atoms with Crippen molar-refractivity contribution in [3.63, 3.8) is 0 Å². The highest BCUT2D eigenvalue weighted by atomic mass is 32.1. The fourth-order valence-electron chi connectivity index (χ4n) is 1.82. The first-order valence-electron chi connectivity index (χ1n) is 6.54. The molecule has 0 aliphatic rings. The Kier molecular flexibility index (Phi) is 5.15. The number of hydrogen-bond donors (Lipinski definition) is 2. The normalized spacial score (nSPS) is 11.5. The standard InChI is InChI=1S/C14H14F3N3OS/c15-14(16,17)10-5-2-1-4-9(10)12(21)11-8-20-13(22-11)19-7-3-6-18/h1-2,4-5,8H,3,6-7,18H2,(H,19,20). The van der Waals surface area contributed by atoms with Crippen LogP contribution in [0.3, 0.4) is 0 Å². The van der Waals surface area contributed by atoms with E-state index < -0.39 is 17.5 Å². The number of rotatable bonds is 6. The lowest BCUT2D eigenvalue weighted by Crippen LogP contribution is -2.13. The monoisotopic (exact) mass is 329 g/mol. The Hall–Kier alpha value is -1.93. The third-order valence-corrected chi connectivity index (χ3v) is 3.82. The number of aromatic nitrogens is 1. The average Bonchev–Trinajstić information content (AvgIpc) is 2.95. The van der Waals surface area contributed by atoms with E-state index in [1.165, 1.54) is 24.4 Å². The van der Waals surface area contributed by atoms with Crippen molar-refractivity contribution in [2.45, 2.75) is 12.6 Å². The number of nitrogens with zero attached hydrogens (tertiary/aromatic N) is 1. The van der Waals surface area contributed by atoms with E-state index in [0.29, 0.717) is 18.2 Å². The Morgan fingerprint density at radius 1 is 1.32 bits per heavy atom. The van der Waals surface area contributed by atoms with Crippen LogP contribution in [0.15, 0.2) is 30.5 Å². The molecule has 0 spiro atoms. The van der Waals surface area contributed by atoms with Crippen LogP contribution in [0.4, 0.5) is 18.3 Å². The van der Waals surface area contributed by atoms with Gasteiger partial charge in [0.1, 0.15) is 0 Å². The van der Waals surface area contributed by atoms with Crippen LogP contribution in [-0.2, 0) is 6.18 Å². The van der Waals surface area contributed by atoms with Crippen molar-refractivity contribution in [3.8, 4) is 0 Å². The number of benzene rings is 1. The van der Waals surface area contributed by atoms with E-state index in [1.54, 1.807) is 0 Å². The van der Waals surface area contributed by atoms with Crippen LogP contribution in [0.1, 0.15) is 27.2 Å². The van der Waals surface area contributed by atoms with Gasteiger partial charge in [-0.2, -0.15) is 13.2 Å². The summed E-state index contributed by atoms with van der Waals surface area (Å²) in [7, 11) is 0. The van der Waals surface area contributed by atoms with Crippen LogP contribution >= 0.6 is 11.3 Å². The molecule has 0 fully saturated rings. The molecule has 2 rings (SSSR count). The van der Waals surface area contributed by atoms with Gasteiger partial charge in [0.05, 0.1) is 16.6 Å². The first-order valence-corrected chi connectivity index (χ1v) is 7.36. The fraction of sp³-hybridized carbons (Fsp3) is 0.286. The molecule has 1 aromatic heterocycles. The lowest BCUT2D eigenvalue weighted by atomic mass is 10.0. The van der Waals surface area contributed by atoms with Crippen LogP contribution in [0.5, 0.6) is 0 Å². The molecule has 118 valence electrons. The second kappa shape index (κ2) is 6.89. The van der Waals surface area contributed by atoms with Crippen LogP contribution in [-0.4, -0.2) is 23.9 Å². The SMILES string of the molecule is NCCCNc1ncc(C(=O)c2ccccc2C(F)(F)F)s1. The molecule has 0 aliphatic heterocycles. The van der Waals surface area contributed by atoms with Gasteiger partial charge < -0.3 is 11.1 Å². The molecule has 3 N–H and O–H groups in total. The van der Waals surface area contributed by atoms with Gasteiger partial charge in [-0.3, -0.25) is 4.79 Å². The number of anilines is 1. The molecule has 0 unspecified atom stereocenters. The predicted octanol–water partition coefficient (Wildman–Crippen LogP) is 3.15. The smallest absolute Gasteiger partial charge is 0.361 e. The molecular formula is C14H14F3N3OS. The number of carbonyl (C=O) groups excluding carboxylic acids is 1. The van der Waals surface area contributed by atoms with Gasteiger partial charge in [0.2, 0.25) is 5.78 Å². The first-order chi connectivity index (χ1) is 10.4. The van der Waals surface area contributed by atoms with Gasteiger partial charge >= 0.3 is 6.18 Å². The van der Waals surface area contributed by atoms with Gasteiger partial charge in [-0.1, -0.05) is 29.5 Å². The minimum Gasteiger partial charge on any atom is -0.361 e. The maximum atomic E-state index is 12.9. The third-order valence-electron chi connectivity index (χ3n) is 2.86. The molecular weight excluding hydrogens is 315 g/mol. The molecule has 1 heterocycles. The minimum absolute atomic E-state index is 0.159. The van der Waals surface area contributed by atoms with Crippen molar-refractivity contribution < 1.29 is 18.0 Å². The molecule has 0 amide bonds. The molecule has 0 radical (unpaired) electrons. The van der Waals surface area contributed by atoms with Gasteiger partial charge in [-0.25, -0.2) is 4.98 Å². The van der Waals surface area contributed by atoms with Gasteiger partial charge in [0, 0.05) is 12.1 Å². The van der Waals surface area contributed by atoms with Crippen molar-refractivity contribution >= 4 is 22.3 Å². The van der Waals surface area contributed by atoms with E-state index in [-0.39, 0.29) is 10.4 Å². The highest BCUT2D eigenvalue weighted by Gasteiger charge is 2.35. The number of nitrogens with two attached hydrogens (primary N) is 1. The summed E-state index contributed by atoms with van der Waals surface area (Å²) in [5, 5.41) is 3.46. The Labute approximate surface area is 129 Å². The van der Waals surface area contributed by atoms with E-state index in [0.717, 1.165) is 23.8 Å². The quantitative estimate of drug-likeness (QED) is 0.631. The average molecular weight is 329 g/mol. The van der Waals surface area contributed by atoms with Crippen molar-refractivity contribution in [1.29, 1.82) is 0 Å². The third kappa shape index (κ3) is 3.83. The predicted molar refractivity (Wildman–Crippen MR) is 79.2 cm³/mol. The second-order valence-corrected chi connectivity index (χ2v) is 5.50. The minimum atomic E-state index is -4.57. The number of halogens is 3. The van der Waals surface area contributed by atoms with Crippen molar-refractivity contribution in [2.24, 2.45) is 5.73 Å². The fourth-order valence-corrected chi connectivity index (χ4v) is 2.62. The lowest BCUT2D eigenvalue weighted by Gasteiger charge is -2.10. The molecule has 1 aromatic carbocycles. The van der Waals surface area contributed by atoms with Crippen LogP contribution in [0.25, 0.3) is 0 Å². The number of thiazole rings is 1. The van der Waals surface area contributed by atoms with Crippen LogP contribution in [0.2, 0.25) is 0 Å². The van der Waals surface area contributed by atoms with Gasteiger partial charge in [-0.05, 0) is 19.0 Å². The maximum Gasteiger partial charge on any atom is 0.417 e. The largest absolute Gasteiger partial charge is 0.417 e. The summed E-state index contributed by atoms with van der Waals surface area (Å²) >= 11 is 1.03. The number of hydrogen-bond acceptors (Lipinski definition) is 5. The van der Waals surface area contributed by atoms with Crippen molar-refractivity contribution in [2.75, 3.05) is 18.4 Å². The molecule has 4 nitrogen and oxygen atoms in total. The molecule has 8 heteroatoms. The number of carbonyl (C=O) groups is 1. The number of nitrogens with one attached hydrogen (secondary N) is 1. The van der Waals surface area contributed by atoms with Gasteiger partial charge in [-0.15, -0.1) is 0 Å². The summed E-state index contributed by atoms with van der Waals surface area (Å²) in [4.78, 5) is 16.4. The van der Waals surface area contributed by atoms with Crippen LogP contribution in [0, 0.1) is 0 Å². The Bertz CT molecular complexity index is 655. The topological polar surface area (TPSA) is 68.0 Å². The highest BCUT2D eigenvalue weighted by molar-refractivity contribution is 7.17. The molecule has 0 saturated carbocycles. The summed E-state index contributed by atoms with van der Waals surface area (Å²) in [6.45, 7) is 1.11. The summed E-state index contributed by atoms with van der Waals surface area (Å²) in [5.41, 5.74) is 4.05. The Balaban J connectivity index is 2.22. The Morgan fingerprint density at radius 2 is 2.05 bits per heavy atom. The van der Waals surface area contributed by atoms with E-state index in [9.17, 15) is 18.0 Å². The highest BCUT2D eigenvalue weighted by Crippen LogP contribution is 2.33. The van der Waals surface area contributed by atoms with Crippen molar-refractivity contribution in [1.82, 2.24) is 4.98 Å². The lowest BCUT2D eigenvalue weighted by molar-refractivity contribution is -0.137. The van der Waals surface area contributed by atoms with Crippen LogP contribution < -0.4 is 11.1 Å².